The van der Waals surface area contributed by atoms with Gasteiger partial charge in [0.25, 0.3) is 0 Å². The number of aliphatic imine (C=N–C) groups is 1. The zero-order valence-electron chi connectivity index (χ0n) is 5.97. The van der Waals surface area contributed by atoms with Gasteiger partial charge >= 0.3 is 0 Å². The summed E-state index contributed by atoms with van der Waals surface area (Å²) in [4.78, 5) is 8.04. The van der Waals surface area contributed by atoms with Gasteiger partial charge in [-0.25, -0.2) is 0 Å². The lowest BCUT2D eigenvalue weighted by Crippen LogP contribution is -1.94. The number of rotatable bonds is 1. The summed E-state index contributed by atoms with van der Waals surface area (Å²) in [7, 11) is 0. The van der Waals surface area contributed by atoms with Gasteiger partial charge in [-0.15, -0.1) is 0 Å². The third-order valence-corrected chi connectivity index (χ3v) is 1.56. The summed E-state index contributed by atoms with van der Waals surface area (Å²) in [5.74, 6) is 0. The van der Waals surface area contributed by atoms with Crippen molar-refractivity contribution >= 4 is 6.21 Å². The van der Waals surface area contributed by atoms with Gasteiger partial charge in [-0.1, -0.05) is 0 Å². The first-order valence-electron chi connectivity index (χ1n) is 3.50. The lowest BCUT2D eigenvalue weighted by atomic mass is 10.2. The van der Waals surface area contributed by atoms with Crippen LogP contribution in [0.2, 0.25) is 0 Å². The highest BCUT2D eigenvalue weighted by atomic mass is 16.5. The number of aromatic nitrogens is 1. The van der Waals surface area contributed by atoms with Crippen LogP contribution in [0.15, 0.2) is 29.5 Å². The van der Waals surface area contributed by atoms with E-state index in [-0.39, 0.29) is 6.23 Å². The Labute approximate surface area is 64.7 Å². The Kier molecular flexibility index (Phi) is 1.65. The standard InChI is InChI=1S/C8H8N2O/c1-3-9-4-2-7(1)8-10-5-6-11-8/h1-5,8H,6H2. The van der Waals surface area contributed by atoms with Crippen LogP contribution in [0, 0.1) is 0 Å². The van der Waals surface area contributed by atoms with Crippen molar-refractivity contribution in [2.24, 2.45) is 4.99 Å². The lowest BCUT2D eigenvalue weighted by molar-refractivity contribution is 0.111. The molecule has 3 nitrogen and oxygen atoms in total. The zero-order valence-corrected chi connectivity index (χ0v) is 5.97. The van der Waals surface area contributed by atoms with E-state index >= 15 is 0 Å². The summed E-state index contributed by atoms with van der Waals surface area (Å²) in [5, 5.41) is 0. The van der Waals surface area contributed by atoms with Crippen LogP contribution in [0.4, 0.5) is 0 Å². The van der Waals surface area contributed by atoms with E-state index in [0.717, 1.165) is 5.56 Å². The van der Waals surface area contributed by atoms with Crippen molar-refractivity contribution in [2.45, 2.75) is 6.23 Å². The largest absolute Gasteiger partial charge is 0.347 e. The number of hydrogen-bond acceptors (Lipinski definition) is 3. The second kappa shape index (κ2) is 2.80. The maximum Gasteiger partial charge on any atom is 0.174 e. The molecule has 1 aliphatic rings. The first-order chi connectivity index (χ1) is 5.47. The van der Waals surface area contributed by atoms with E-state index in [1.54, 1.807) is 18.6 Å². The highest BCUT2D eigenvalue weighted by Crippen LogP contribution is 2.19. The quantitative estimate of drug-likeness (QED) is 0.599. The summed E-state index contributed by atoms with van der Waals surface area (Å²) < 4.78 is 5.29. The Morgan fingerprint density at radius 3 is 2.82 bits per heavy atom. The van der Waals surface area contributed by atoms with Crippen LogP contribution >= 0.6 is 0 Å². The van der Waals surface area contributed by atoms with Gasteiger partial charge in [-0.3, -0.25) is 9.98 Å². The van der Waals surface area contributed by atoms with Crippen molar-refractivity contribution in [1.29, 1.82) is 0 Å². The summed E-state index contributed by atoms with van der Waals surface area (Å²) in [6, 6.07) is 3.82. The smallest absolute Gasteiger partial charge is 0.174 e. The van der Waals surface area contributed by atoms with E-state index in [1.165, 1.54) is 0 Å². The van der Waals surface area contributed by atoms with Crippen molar-refractivity contribution in [1.82, 2.24) is 4.98 Å². The first kappa shape index (κ1) is 6.49. The SMILES string of the molecule is C1=NC(c2ccncc2)OC1. The van der Waals surface area contributed by atoms with Crippen LogP contribution < -0.4 is 0 Å². The van der Waals surface area contributed by atoms with Gasteiger partial charge in [0.15, 0.2) is 6.23 Å². The fourth-order valence-corrected chi connectivity index (χ4v) is 1.03. The van der Waals surface area contributed by atoms with E-state index in [1.807, 2.05) is 12.1 Å². The molecule has 0 aromatic carbocycles. The molecule has 0 saturated heterocycles. The third-order valence-electron chi connectivity index (χ3n) is 1.56. The fourth-order valence-electron chi connectivity index (χ4n) is 1.03. The predicted octanol–water partition coefficient (Wildman–Crippen LogP) is 1.18. The van der Waals surface area contributed by atoms with Gasteiger partial charge in [-0.05, 0) is 12.1 Å². The molecule has 0 bridgehead atoms. The van der Waals surface area contributed by atoms with Gasteiger partial charge in [0.05, 0.1) is 6.61 Å². The minimum atomic E-state index is -0.0991. The molecule has 11 heavy (non-hydrogen) atoms. The normalized spacial score (nSPS) is 22.4. The fraction of sp³-hybridized carbons (Fsp3) is 0.250. The molecule has 2 rings (SSSR count). The molecular formula is C8H8N2O. The molecular weight excluding hydrogens is 140 g/mol. The molecule has 1 aromatic heterocycles. The van der Waals surface area contributed by atoms with Crippen molar-refractivity contribution in [3.05, 3.63) is 30.1 Å². The van der Waals surface area contributed by atoms with Crippen LogP contribution in [0.3, 0.4) is 0 Å². The van der Waals surface area contributed by atoms with E-state index in [2.05, 4.69) is 9.98 Å². The average molecular weight is 148 g/mol. The number of ether oxygens (including phenoxy) is 1. The number of pyridine rings is 1. The molecule has 0 fully saturated rings. The Hall–Kier alpha value is -1.22. The maximum absolute atomic E-state index is 5.29. The summed E-state index contributed by atoms with van der Waals surface area (Å²) >= 11 is 0. The van der Waals surface area contributed by atoms with Crippen LogP contribution in [0.25, 0.3) is 0 Å². The lowest BCUT2D eigenvalue weighted by Gasteiger charge is -2.05. The molecule has 3 heteroatoms. The van der Waals surface area contributed by atoms with Gasteiger partial charge < -0.3 is 4.74 Å². The molecule has 56 valence electrons. The van der Waals surface area contributed by atoms with E-state index in [9.17, 15) is 0 Å². The zero-order chi connectivity index (χ0) is 7.52. The Morgan fingerprint density at radius 2 is 2.18 bits per heavy atom. The van der Waals surface area contributed by atoms with E-state index < -0.39 is 0 Å². The molecule has 0 aliphatic carbocycles. The molecule has 0 radical (unpaired) electrons. The summed E-state index contributed by atoms with van der Waals surface area (Å²) in [6.45, 7) is 0.618. The second-order valence-electron chi connectivity index (χ2n) is 2.30. The van der Waals surface area contributed by atoms with E-state index in [4.69, 9.17) is 4.74 Å². The van der Waals surface area contributed by atoms with Gasteiger partial charge in [0.1, 0.15) is 0 Å². The average Bonchev–Trinajstić information content (AvgIpc) is 2.58. The van der Waals surface area contributed by atoms with Crippen LogP contribution in [-0.4, -0.2) is 17.8 Å². The predicted molar refractivity (Wildman–Crippen MR) is 41.4 cm³/mol. The van der Waals surface area contributed by atoms with Crippen molar-refractivity contribution in [3.63, 3.8) is 0 Å². The molecule has 1 aromatic rings. The Morgan fingerprint density at radius 1 is 1.36 bits per heavy atom. The number of nitrogens with zero attached hydrogens (tertiary/aromatic N) is 2. The van der Waals surface area contributed by atoms with Crippen molar-refractivity contribution in [3.8, 4) is 0 Å². The van der Waals surface area contributed by atoms with Crippen LogP contribution in [-0.2, 0) is 4.74 Å². The second-order valence-corrected chi connectivity index (χ2v) is 2.30. The molecule has 0 amide bonds. The molecule has 0 N–H and O–H groups in total. The molecule has 2 heterocycles. The van der Waals surface area contributed by atoms with Crippen molar-refractivity contribution in [2.75, 3.05) is 6.61 Å². The monoisotopic (exact) mass is 148 g/mol. The minimum Gasteiger partial charge on any atom is -0.347 e. The highest BCUT2D eigenvalue weighted by Gasteiger charge is 2.11. The maximum atomic E-state index is 5.29. The molecule has 1 atom stereocenters. The Balaban J connectivity index is 2.23. The first-order valence-corrected chi connectivity index (χ1v) is 3.50. The van der Waals surface area contributed by atoms with Crippen molar-refractivity contribution < 1.29 is 4.74 Å². The van der Waals surface area contributed by atoms with E-state index in [0.29, 0.717) is 6.61 Å². The van der Waals surface area contributed by atoms with Crippen LogP contribution in [0.5, 0.6) is 0 Å². The molecule has 1 unspecified atom stereocenters. The summed E-state index contributed by atoms with van der Waals surface area (Å²) in [5.41, 5.74) is 1.06. The third kappa shape index (κ3) is 1.28. The molecule has 1 aliphatic heterocycles. The highest BCUT2D eigenvalue weighted by molar-refractivity contribution is 5.60. The molecule has 0 saturated carbocycles. The summed E-state index contributed by atoms with van der Waals surface area (Å²) in [6.07, 6.45) is 5.17. The minimum absolute atomic E-state index is 0.0991. The van der Waals surface area contributed by atoms with Gasteiger partial charge in [0.2, 0.25) is 0 Å². The van der Waals surface area contributed by atoms with Gasteiger partial charge in [-0.2, -0.15) is 0 Å². The molecule has 0 spiro atoms. The van der Waals surface area contributed by atoms with Gasteiger partial charge in [0, 0.05) is 24.2 Å². The Bertz CT molecular complexity index is 258. The topological polar surface area (TPSA) is 34.5 Å². The van der Waals surface area contributed by atoms with Crippen LogP contribution in [0.1, 0.15) is 11.8 Å². The number of hydrogen-bond donors (Lipinski definition) is 0.